The Morgan fingerprint density at radius 1 is 1.42 bits per heavy atom. The predicted molar refractivity (Wildman–Crippen MR) is 75.4 cm³/mol. The topological polar surface area (TPSA) is 47.9 Å². The number of halogens is 1. The molecule has 0 radical (unpaired) electrons. The zero-order valence-electron chi connectivity index (χ0n) is 10.8. The molecule has 102 valence electrons. The fourth-order valence-electron chi connectivity index (χ4n) is 2.32. The van der Waals surface area contributed by atoms with Gasteiger partial charge < -0.3 is 9.47 Å². The van der Waals surface area contributed by atoms with Gasteiger partial charge in [0.15, 0.2) is 11.5 Å². The minimum Gasteiger partial charge on any atom is -0.493 e. The van der Waals surface area contributed by atoms with Crippen LogP contribution in [0.3, 0.4) is 0 Å². The predicted octanol–water partition coefficient (Wildman–Crippen LogP) is 3.61. The lowest BCUT2D eigenvalue weighted by atomic mass is 10.1. The molecule has 1 aromatic rings. The molecule has 4 nitrogen and oxygen atoms in total. The molecule has 1 saturated carbocycles. The standard InChI is InChI=1S/C14H16BrNO3/c1-18-13-7-11(15)6-10(8-16-9-17)14(13)19-12-4-2-3-5-12/h6-7,12H,2-5,8H2,1H3. The quantitative estimate of drug-likeness (QED) is 0.613. The van der Waals surface area contributed by atoms with Crippen molar-refractivity contribution in [1.29, 1.82) is 0 Å². The molecule has 0 atom stereocenters. The van der Waals surface area contributed by atoms with E-state index in [9.17, 15) is 4.79 Å². The molecule has 0 unspecified atom stereocenters. The maximum absolute atomic E-state index is 10.3. The fourth-order valence-corrected chi connectivity index (χ4v) is 2.80. The number of nitrogens with zero attached hydrogens (tertiary/aromatic N) is 1. The van der Waals surface area contributed by atoms with Crippen LogP contribution < -0.4 is 9.47 Å². The number of aliphatic imine (C=N–C) groups is 1. The SMILES string of the molecule is COc1cc(Br)cc(CN=C=O)c1OC1CCCC1. The number of ether oxygens (including phenoxy) is 2. The maximum atomic E-state index is 10.3. The minimum absolute atomic E-state index is 0.231. The summed E-state index contributed by atoms with van der Waals surface area (Å²) in [5.41, 5.74) is 0.835. The normalized spacial score (nSPS) is 15.1. The second-order valence-electron chi connectivity index (χ2n) is 4.53. The lowest BCUT2D eigenvalue weighted by Gasteiger charge is -2.19. The first-order chi connectivity index (χ1) is 9.24. The smallest absolute Gasteiger partial charge is 0.235 e. The summed E-state index contributed by atoms with van der Waals surface area (Å²) < 4.78 is 12.3. The van der Waals surface area contributed by atoms with Crippen molar-refractivity contribution in [1.82, 2.24) is 0 Å². The van der Waals surface area contributed by atoms with E-state index in [1.807, 2.05) is 12.1 Å². The summed E-state index contributed by atoms with van der Waals surface area (Å²) in [7, 11) is 1.61. The van der Waals surface area contributed by atoms with Crippen LogP contribution >= 0.6 is 15.9 Å². The number of hydrogen-bond acceptors (Lipinski definition) is 4. The molecule has 0 N–H and O–H groups in total. The third-order valence-corrected chi connectivity index (χ3v) is 3.67. The first kappa shape index (κ1) is 14.1. The molecule has 19 heavy (non-hydrogen) atoms. The van der Waals surface area contributed by atoms with Gasteiger partial charge in [0, 0.05) is 10.0 Å². The summed E-state index contributed by atoms with van der Waals surface area (Å²) in [5.74, 6) is 1.36. The highest BCUT2D eigenvalue weighted by molar-refractivity contribution is 9.10. The van der Waals surface area contributed by atoms with Crippen LogP contribution in [0.2, 0.25) is 0 Å². The molecule has 5 heteroatoms. The molecule has 0 spiro atoms. The Morgan fingerprint density at radius 3 is 2.79 bits per heavy atom. The van der Waals surface area contributed by atoms with Crippen molar-refractivity contribution in [2.75, 3.05) is 7.11 Å². The maximum Gasteiger partial charge on any atom is 0.235 e. The van der Waals surface area contributed by atoms with Gasteiger partial charge in [-0.15, -0.1) is 0 Å². The van der Waals surface area contributed by atoms with Gasteiger partial charge in [0.05, 0.1) is 19.8 Å². The molecule has 1 aromatic carbocycles. The lowest BCUT2D eigenvalue weighted by molar-refractivity contribution is 0.198. The van der Waals surface area contributed by atoms with Crippen molar-refractivity contribution in [3.8, 4) is 11.5 Å². The van der Waals surface area contributed by atoms with Gasteiger partial charge in [-0.3, -0.25) is 0 Å². The Hall–Kier alpha value is -1.32. The van der Waals surface area contributed by atoms with Crippen LogP contribution in [0.1, 0.15) is 31.2 Å². The molecule has 0 saturated heterocycles. The molecule has 1 fully saturated rings. The van der Waals surface area contributed by atoms with Gasteiger partial charge in [0.1, 0.15) is 0 Å². The van der Waals surface area contributed by atoms with Gasteiger partial charge in [-0.1, -0.05) is 15.9 Å². The largest absolute Gasteiger partial charge is 0.493 e. The zero-order valence-corrected chi connectivity index (χ0v) is 12.4. The average molecular weight is 326 g/mol. The average Bonchev–Trinajstić information content (AvgIpc) is 2.91. The lowest BCUT2D eigenvalue weighted by Crippen LogP contribution is -2.13. The number of rotatable bonds is 5. The van der Waals surface area contributed by atoms with Crippen molar-refractivity contribution in [3.05, 3.63) is 22.2 Å². The molecule has 0 bridgehead atoms. The molecule has 1 aliphatic carbocycles. The Bertz CT molecular complexity index is 492. The Kier molecular flexibility index (Phi) is 5.00. The van der Waals surface area contributed by atoms with Crippen LogP contribution in [0.15, 0.2) is 21.6 Å². The van der Waals surface area contributed by atoms with Crippen LogP contribution in [0.25, 0.3) is 0 Å². The zero-order chi connectivity index (χ0) is 13.7. The van der Waals surface area contributed by atoms with Crippen molar-refractivity contribution < 1.29 is 14.3 Å². The second kappa shape index (κ2) is 6.73. The number of carbonyl (C=O) groups excluding carboxylic acids is 1. The third-order valence-electron chi connectivity index (χ3n) is 3.22. The number of methoxy groups -OCH3 is 1. The van der Waals surface area contributed by atoms with E-state index in [2.05, 4.69) is 20.9 Å². The van der Waals surface area contributed by atoms with Crippen molar-refractivity contribution in [2.24, 2.45) is 4.99 Å². The minimum atomic E-state index is 0.231. The summed E-state index contributed by atoms with van der Waals surface area (Å²) in [6.07, 6.45) is 6.32. The summed E-state index contributed by atoms with van der Waals surface area (Å²) >= 11 is 3.42. The number of benzene rings is 1. The van der Waals surface area contributed by atoms with Crippen LogP contribution in [-0.2, 0) is 11.3 Å². The number of hydrogen-bond donors (Lipinski definition) is 0. The summed E-state index contributed by atoms with van der Waals surface area (Å²) in [4.78, 5) is 13.9. The van der Waals surface area contributed by atoms with Crippen LogP contribution in [0.5, 0.6) is 11.5 Å². The monoisotopic (exact) mass is 325 g/mol. The molecular weight excluding hydrogens is 310 g/mol. The van der Waals surface area contributed by atoms with E-state index in [1.165, 1.54) is 12.8 Å². The first-order valence-electron chi connectivity index (χ1n) is 6.31. The van der Waals surface area contributed by atoms with E-state index in [0.29, 0.717) is 11.5 Å². The van der Waals surface area contributed by atoms with Crippen molar-refractivity contribution >= 4 is 22.0 Å². The Morgan fingerprint density at radius 2 is 2.16 bits per heavy atom. The molecule has 0 heterocycles. The first-order valence-corrected chi connectivity index (χ1v) is 7.10. The van der Waals surface area contributed by atoms with Crippen LogP contribution in [0, 0.1) is 0 Å². The Labute approximate surface area is 120 Å². The van der Waals surface area contributed by atoms with Gasteiger partial charge in [-0.2, -0.15) is 0 Å². The van der Waals surface area contributed by atoms with Gasteiger partial charge in [0.2, 0.25) is 6.08 Å². The number of isocyanates is 1. The fraction of sp³-hybridized carbons (Fsp3) is 0.500. The molecule has 0 aliphatic heterocycles. The molecule has 2 rings (SSSR count). The van der Waals surface area contributed by atoms with E-state index < -0.39 is 0 Å². The molecular formula is C14H16BrNO3. The van der Waals surface area contributed by atoms with Gasteiger partial charge in [0.25, 0.3) is 0 Å². The molecule has 1 aliphatic rings. The summed E-state index contributed by atoms with van der Waals surface area (Å²) in [5, 5.41) is 0. The summed E-state index contributed by atoms with van der Waals surface area (Å²) in [6.45, 7) is 0.251. The van der Waals surface area contributed by atoms with Crippen molar-refractivity contribution in [2.45, 2.75) is 38.3 Å². The van der Waals surface area contributed by atoms with Gasteiger partial charge in [-0.05, 0) is 37.8 Å². The van der Waals surface area contributed by atoms with Gasteiger partial charge in [-0.25, -0.2) is 9.79 Å². The molecule has 0 aromatic heterocycles. The molecule has 0 amide bonds. The second-order valence-corrected chi connectivity index (χ2v) is 5.44. The third kappa shape index (κ3) is 3.58. The summed E-state index contributed by atoms with van der Waals surface area (Å²) in [6, 6.07) is 3.76. The van der Waals surface area contributed by atoms with E-state index >= 15 is 0 Å². The van der Waals surface area contributed by atoms with E-state index in [4.69, 9.17) is 9.47 Å². The van der Waals surface area contributed by atoms with Gasteiger partial charge >= 0.3 is 0 Å². The Balaban J connectivity index is 2.32. The van der Waals surface area contributed by atoms with E-state index in [-0.39, 0.29) is 12.6 Å². The highest BCUT2D eigenvalue weighted by Gasteiger charge is 2.21. The van der Waals surface area contributed by atoms with E-state index in [0.717, 1.165) is 22.9 Å². The van der Waals surface area contributed by atoms with E-state index in [1.54, 1.807) is 13.2 Å². The van der Waals surface area contributed by atoms with Crippen molar-refractivity contribution in [3.63, 3.8) is 0 Å². The highest BCUT2D eigenvalue weighted by atomic mass is 79.9. The van der Waals surface area contributed by atoms with Crippen LogP contribution in [0.4, 0.5) is 0 Å². The van der Waals surface area contributed by atoms with Crippen LogP contribution in [-0.4, -0.2) is 19.3 Å². The highest BCUT2D eigenvalue weighted by Crippen LogP contribution is 2.37.